The van der Waals surface area contributed by atoms with Crippen molar-refractivity contribution < 1.29 is 18.7 Å². The van der Waals surface area contributed by atoms with Gasteiger partial charge in [-0.05, 0) is 38.3 Å². The number of piperidine rings is 1. The van der Waals surface area contributed by atoms with Gasteiger partial charge in [0.15, 0.2) is 11.6 Å². The maximum atomic E-state index is 13.8. The van der Waals surface area contributed by atoms with Gasteiger partial charge in [0.05, 0.1) is 19.9 Å². The van der Waals surface area contributed by atoms with Gasteiger partial charge in [0.1, 0.15) is 5.75 Å². The summed E-state index contributed by atoms with van der Waals surface area (Å²) in [5, 5.41) is 6.02. The molecule has 0 bridgehead atoms. The summed E-state index contributed by atoms with van der Waals surface area (Å²) in [6, 6.07) is 2.65. The van der Waals surface area contributed by atoms with Crippen LogP contribution in [0.4, 0.5) is 10.1 Å². The van der Waals surface area contributed by atoms with E-state index in [1.54, 1.807) is 0 Å². The highest BCUT2D eigenvalue weighted by Crippen LogP contribution is 2.32. The molecule has 1 aromatic carbocycles. The first-order valence-corrected chi connectivity index (χ1v) is 7.56. The normalized spacial score (nSPS) is 14.7. The Labute approximate surface area is 142 Å². The van der Waals surface area contributed by atoms with E-state index in [1.807, 2.05) is 0 Å². The van der Waals surface area contributed by atoms with Crippen LogP contribution in [0, 0.1) is 11.7 Å². The predicted octanol–water partition coefficient (Wildman–Crippen LogP) is 2.98. The monoisotopic (exact) mass is 346 g/mol. The van der Waals surface area contributed by atoms with Gasteiger partial charge in [-0.25, -0.2) is 4.39 Å². The Hall–Kier alpha value is -1.53. The van der Waals surface area contributed by atoms with Gasteiger partial charge in [-0.2, -0.15) is 0 Å². The summed E-state index contributed by atoms with van der Waals surface area (Å²) in [4.78, 5) is 12.1. The molecule has 130 valence electrons. The molecule has 23 heavy (non-hydrogen) atoms. The smallest absolute Gasteiger partial charge is 0.224 e. The zero-order valence-corrected chi connectivity index (χ0v) is 14.3. The van der Waals surface area contributed by atoms with Crippen molar-refractivity contribution in [3.63, 3.8) is 0 Å². The van der Waals surface area contributed by atoms with Crippen LogP contribution in [0.2, 0.25) is 0 Å². The number of ether oxygens (including phenoxy) is 2. The number of rotatable bonds is 6. The molecular weight excluding hydrogens is 323 g/mol. The molecule has 0 radical (unpaired) electrons. The summed E-state index contributed by atoms with van der Waals surface area (Å²) in [6.07, 6.45) is 3.50. The van der Waals surface area contributed by atoms with E-state index < -0.39 is 5.82 Å². The topological polar surface area (TPSA) is 59.6 Å². The molecule has 0 aromatic heterocycles. The number of methoxy groups -OCH3 is 2. The third-order valence-electron chi connectivity index (χ3n) is 3.99. The van der Waals surface area contributed by atoms with Crippen LogP contribution in [0.25, 0.3) is 0 Å². The first-order valence-electron chi connectivity index (χ1n) is 7.56. The maximum Gasteiger partial charge on any atom is 0.224 e. The average Bonchev–Trinajstić information content (AvgIpc) is 2.54. The molecule has 1 heterocycles. The number of anilines is 1. The van der Waals surface area contributed by atoms with Crippen LogP contribution >= 0.6 is 12.4 Å². The van der Waals surface area contributed by atoms with Crippen molar-refractivity contribution in [2.75, 3.05) is 32.6 Å². The second kappa shape index (κ2) is 9.57. The molecule has 2 N–H and O–H groups in total. The van der Waals surface area contributed by atoms with E-state index in [-0.39, 0.29) is 24.1 Å². The van der Waals surface area contributed by atoms with E-state index in [1.165, 1.54) is 26.4 Å². The van der Waals surface area contributed by atoms with Crippen molar-refractivity contribution in [2.45, 2.75) is 25.7 Å². The minimum absolute atomic E-state index is 0. The summed E-state index contributed by atoms with van der Waals surface area (Å²) < 4.78 is 23.8. The highest BCUT2D eigenvalue weighted by molar-refractivity contribution is 5.92. The number of halogens is 2. The minimum Gasteiger partial charge on any atom is -0.494 e. The van der Waals surface area contributed by atoms with Gasteiger partial charge < -0.3 is 20.1 Å². The Bertz CT molecular complexity index is 522. The predicted molar refractivity (Wildman–Crippen MR) is 90.2 cm³/mol. The number of carbonyl (C=O) groups is 1. The van der Waals surface area contributed by atoms with Crippen molar-refractivity contribution in [3.8, 4) is 11.5 Å². The van der Waals surface area contributed by atoms with E-state index in [2.05, 4.69) is 10.6 Å². The second-order valence-electron chi connectivity index (χ2n) is 5.47. The molecule has 5 nitrogen and oxygen atoms in total. The highest BCUT2D eigenvalue weighted by atomic mass is 35.5. The molecule has 1 fully saturated rings. The van der Waals surface area contributed by atoms with Crippen LogP contribution in [-0.2, 0) is 4.79 Å². The molecule has 1 aliphatic rings. The van der Waals surface area contributed by atoms with Crippen molar-refractivity contribution in [3.05, 3.63) is 17.9 Å². The third-order valence-corrected chi connectivity index (χ3v) is 3.99. The fourth-order valence-electron chi connectivity index (χ4n) is 2.68. The lowest BCUT2D eigenvalue weighted by molar-refractivity contribution is -0.116. The lowest BCUT2D eigenvalue weighted by atomic mass is 9.93. The Morgan fingerprint density at radius 2 is 1.91 bits per heavy atom. The minimum atomic E-state index is -0.531. The van der Waals surface area contributed by atoms with Crippen LogP contribution < -0.4 is 20.1 Å². The van der Waals surface area contributed by atoms with E-state index >= 15 is 0 Å². The fraction of sp³-hybridized carbons (Fsp3) is 0.562. The molecule has 1 amide bonds. The number of nitrogens with one attached hydrogen (secondary N) is 2. The van der Waals surface area contributed by atoms with Gasteiger partial charge >= 0.3 is 0 Å². The number of hydrogen-bond donors (Lipinski definition) is 2. The van der Waals surface area contributed by atoms with Gasteiger partial charge in [0.2, 0.25) is 5.91 Å². The lowest BCUT2D eigenvalue weighted by Gasteiger charge is -2.22. The van der Waals surface area contributed by atoms with Gasteiger partial charge in [-0.1, -0.05) is 0 Å². The molecule has 1 saturated heterocycles. The number of hydrogen-bond acceptors (Lipinski definition) is 4. The van der Waals surface area contributed by atoms with E-state index in [0.29, 0.717) is 23.8 Å². The molecular formula is C16H24ClFN2O3. The molecule has 0 aliphatic carbocycles. The van der Waals surface area contributed by atoms with Gasteiger partial charge in [-0.15, -0.1) is 12.4 Å². The van der Waals surface area contributed by atoms with Crippen LogP contribution in [0.5, 0.6) is 11.5 Å². The van der Waals surface area contributed by atoms with Crippen LogP contribution in [0.1, 0.15) is 25.7 Å². The Balaban J connectivity index is 0.00000264. The highest BCUT2D eigenvalue weighted by Gasteiger charge is 2.16. The van der Waals surface area contributed by atoms with Crippen LogP contribution in [0.15, 0.2) is 12.1 Å². The molecule has 2 rings (SSSR count). The molecule has 0 atom stereocenters. The number of amides is 1. The standard InChI is InChI=1S/C16H23FN2O3.ClH/c1-21-14-10-15(22-2)13(9-12(14)17)19-16(20)4-3-11-5-7-18-8-6-11;/h9-11,18H,3-8H2,1-2H3,(H,19,20);1H. The third kappa shape index (κ3) is 5.55. The molecule has 7 heteroatoms. The lowest BCUT2D eigenvalue weighted by Crippen LogP contribution is -2.28. The second-order valence-corrected chi connectivity index (χ2v) is 5.47. The van der Waals surface area contributed by atoms with Crippen molar-refractivity contribution in [1.29, 1.82) is 0 Å². The van der Waals surface area contributed by atoms with Crippen molar-refractivity contribution >= 4 is 24.0 Å². The SMILES string of the molecule is COc1cc(OC)c(NC(=O)CCC2CCNCC2)cc1F.Cl. The largest absolute Gasteiger partial charge is 0.494 e. The summed E-state index contributed by atoms with van der Waals surface area (Å²) in [5.74, 6) is 0.401. The maximum absolute atomic E-state index is 13.8. The summed E-state index contributed by atoms with van der Waals surface area (Å²) in [6.45, 7) is 2.04. The Morgan fingerprint density at radius 1 is 1.26 bits per heavy atom. The molecule has 1 aliphatic heterocycles. The number of benzene rings is 1. The van der Waals surface area contributed by atoms with Gasteiger partial charge in [-0.3, -0.25) is 4.79 Å². The van der Waals surface area contributed by atoms with E-state index in [4.69, 9.17) is 9.47 Å². The van der Waals surface area contributed by atoms with Gasteiger partial charge in [0, 0.05) is 18.6 Å². The van der Waals surface area contributed by atoms with E-state index in [0.717, 1.165) is 32.4 Å². The van der Waals surface area contributed by atoms with Gasteiger partial charge in [0.25, 0.3) is 0 Å². The Morgan fingerprint density at radius 3 is 2.52 bits per heavy atom. The summed E-state index contributed by atoms with van der Waals surface area (Å²) in [7, 11) is 2.85. The zero-order chi connectivity index (χ0) is 15.9. The number of carbonyl (C=O) groups excluding carboxylic acids is 1. The quantitative estimate of drug-likeness (QED) is 0.831. The average molecular weight is 347 g/mol. The van der Waals surface area contributed by atoms with Crippen molar-refractivity contribution in [2.24, 2.45) is 5.92 Å². The zero-order valence-electron chi connectivity index (χ0n) is 13.5. The molecule has 1 aromatic rings. The Kier molecular flexibility index (Phi) is 8.12. The first kappa shape index (κ1) is 19.5. The van der Waals surface area contributed by atoms with Crippen LogP contribution in [-0.4, -0.2) is 33.2 Å². The van der Waals surface area contributed by atoms with Crippen molar-refractivity contribution in [1.82, 2.24) is 5.32 Å². The molecule has 0 saturated carbocycles. The van der Waals surface area contributed by atoms with Crippen LogP contribution in [0.3, 0.4) is 0 Å². The summed E-state index contributed by atoms with van der Waals surface area (Å²) >= 11 is 0. The fourth-order valence-corrected chi connectivity index (χ4v) is 2.68. The molecule has 0 spiro atoms. The first-order chi connectivity index (χ1) is 10.6. The van der Waals surface area contributed by atoms with E-state index in [9.17, 15) is 9.18 Å². The summed E-state index contributed by atoms with van der Waals surface area (Å²) in [5.41, 5.74) is 0.330. The molecule has 0 unspecified atom stereocenters.